The molecule has 0 aliphatic heterocycles. The van der Waals surface area contributed by atoms with E-state index in [4.69, 9.17) is 0 Å². The molecule has 3 aliphatic carbocycles. The molecule has 2 bridgehead atoms. The van der Waals surface area contributed by atoms with Crippen LogP contribution in [-0.4, -0.2) is 23.2 Å². The molecule has 2 atom stereocenters. The third-order valence-electron chi connectivity index (χ3n) is 3.50. The molecule has 0 N–H and O–H groups in total. The summed E-state index contributed by atoms with van der Waals surface area (Å²) in [4.78, 5) is 0. The molecule has 0 aromatic rings. The normalized spacial score (nSPS) is 44.0. The summed E-state index contributed by atoms with van der Waals surface area (Å²) < 4.78 is 80.9. The Morgan fingerprint density at radius 3 is 1.19 bits per heavy atom. The fraction of sp³-hybridized carbons (Fsp3) is 0.600. The van der Waals surface area contributed by atoms with Gasteiger partial charge in [0.1, 0.15) is 0 Å². The van der Waals surface area contributed by atoms with Gasteiger partial charge in [0.25, 0.3) is 0 Å². The molecular weight excluding hydrogens is 234 g/mol. The molecule has 0 spiro atoms. The van der Waals surface area contributed by atoms with Crippen LogP contribution in [0.15, 0.2) is 23.3 Å². The maximum atomic E-state index is 13.9. The van der Waals surface area contributed by atoms with Crippen molar-refractivity contribution in [2.75, 3.05) is 0 Å². The van der Waals surface area contributed by atoms with Gasteiger partial charge in [-0.3, -0.25) is 0 Å². The summed E-state index contributed by atoms with van der Waals surface area (Å²) in [6.45, 7) is 1.80. The number of rotatable bonds is 0. The second-order valence-corrected chi connectivity index (χ2v) is 4.16. The minimum absolute atomic E-state index is 0.187. The summed E-state index contributed by atoms with van der Waals surface area (Å²) in [7, 11) is 0. The van der Waals surface area contributed by atoms with Crippen molar-refractivity contribution in [3.63, 3.8) is 0 Å². The van der Waals surface area contributed by atoms with Crippen LogP contribution in [-0.2, 0) is 0 Å². The number of alkyl halides is 6. The van der Waals surface area contributed by atoms with E-state index in [1.165, 1.54) is 0 Å². The maximum Gasteiger partial charge on any atom is 0.354 e. The van der Waals surface area contributed by atoms with E-state index in [1.807, 2.05) is 0 Å². The van der Waals surface area contributed by atoms with Crippen molar-refractivity contribution >= 4 is 0 Å². The van der Waals surface area contributed by atoms with Gasteiger partial charge in [0.2, 0.25) is 11.3 Å². The highest BCUT2D eigenvalue weighted by atomic mass is 19.3. The molecule has 16 heavy (non-hydrogen) atoms. The molecule has 0 aromatic carbocycles. The highest BCUT2D eigenvalue weighted by Gasteiger charge is 2.83. The largest absolute Gasteiger partial charge is 0.354 e. The third-order valence-corrected chi connectivity index (χ3v) is 3.50. The Hall–Kier alpha value is -0.940. The van der Waals surface area contributed by atoms with E-state index in [2.05, 4.69) is 0 Å². The first-order valence-corrected chi connectivity index (χ1v) is 4.54. The van der Waals surface area contributed by atoms with Gasteiger partial charge in [-0.05, 0) is 37.1 Å². The summed E-state index contributed by atoms with van der Waals surface area (Å²) in [6.07, 6.45) is 0.374. The number of fused-ring (bicyclic) bond motifs is 1. The van der Waals surface area contributed by atoms with Gasteiger partial charge in [0.15, 0.2) is 0 Å². The molecular formula is C10H8F6. The van der Waals surface area contributed by atoms with Crippen LogP contribution in [0.25, 0.3) is 0 Å². The van der Waals surface area contributed by atoms with Gasteiger partial charge in [-0.2, -0.15) is 17.6 Å². The SMILES string of the molecule is CC1=C(C)C2(F)C=CC1(F)C(F)(F)C2(F)F. The molecule has 3 rings (SSSR count). The van der Waals surface area contributed by atoms with Gasteiger partial charge in [-0.25, -0.2) is 8.78 Å². The van der Waals surface area contributed by atoms with Crippen LogP contribution in [0.4, 0.5) is 26.3 Å². The van der Waals surface area contributed by atoms with Crippen LogP contribution in [0.2, 0.25) is 0 Å². The molecule has 0 heterocycles. The van der Waals surface area contributed by atoms with Gasteiger partial charge in [-0.1, -0.05) is 0 Å². The summed E-state index contributed by atoms with van der Waals surface area (Å²) in [5.41, 5.74) is -8.58. The number of halogens is 6. The minimum Gasteiger partial charge on any atom is -0.227 e. The Morgan fingerprint density at radius 1 is 0.688 bits per heavy atom. The number of hydrogen-bond acceptors (Lipinski definition) is 0. The summed E-state index contributed by atoms with van der Waals surface area (Å²) in [6, 6.07) is 0. The van der Waals surface area contributed by atoms with Crippen molar-refractivity contribution < 1.29 is 26.3 Å². The molecule has 0 nitrogen and oxygen atoms in total. The molecule has 2 unspecified atom stereocenters. The van der Waals surface area contributed by atoms with Crippen molar-refractivity contribution in [1.29, 1.82) is 0 Å². The third kappa shape index (κ3) is 0.789. The van der Waals surface area contributed by atoms with E-state index in [9.17, 15) is 26.3 Å². The van der Waals surface area contributed by atoms with Crippen LogP contribution < -0.4 is 0 Å². The van der Waals surface area contributed by atoms with E-state index >= 15 is 0 Å². The number of hydrogen-bond donors (Lipinski definition) is 0. The molecule has 0 saturated carbocycles. The summed E-state index contributed by atoms with van der Waals surface area (Å²) >= 11 is 0. The predicted octanol–water partition coefficient (Wildman–Crippen LogP) is 3.59. The quantitative estimate of drug-likeness (QED) is 0.449. The Balaban J connectivity index is 2.84. The van der Waals surface area contributed by atoms with Gasteiger partial charge in [0.05, 0.1) is 0 Å². The lowest BCUT2D eigenvalue weighted by molar-refractivity contribution is -0.299. The first-order valence-electron chi connectivity index (χ1n) is 4.54. The predicted molar refractivity (Wildman–Crippen MR) is 45.1 cm³/mol. The second kappa shape index (κ2) is 2.49. The van der Waals surface area contributed by atoms with Crippen molar-refractivity contribution in [2.24, 2.45) is 0 Å². The summed E-state index contributed by atoms with van der Waals surface area (Å²) in [5.74, 6) is -10.2. The van der Waals surface area contributed by atoms with Crippen molar-refractivity contribution in [1.82, 2.24) is 0 Å². The molecule has 3 aliphatic rings. The van der Waals surface area contributed by atoms with Crippen LogP contribution in [0.1, 0.15) is 13.8 Å². The Labute approximate surface area is 87.6 Å². The van der Waals surface area contributed by atoms with Crippen molar-refractivity contribution in [3.05, 3.63) is 23.3 Å². The second-order valence-electron chi connectivity index (χ2n) is 4.16. The molecule has 0 saturated heterocycles. The minimum atomic E-state index is -5.08. The molecule has 0 amide bonds. The Morgan fingerprint density at radius 2 is 0.938 bits per heavy atom. The first kappa shape index (κ1) is 11.5. The molecule has 90 valence electrons. The van der Waals surface area contributed by atoms with Gasteiger partial charge >= 0.3 is 11.8 Å². The van der Waals surface area contributed by atoms with Crippen molar-refractivity contribution in [2.45, 2.75) is 37.0 Å². The van der Waals surface area contributed by atoms with E-state index < -0.39 is 34.3 Å². The van der Waals surface area contributed by atoms with Gasteiger partial charge < -0.3 is 0 Å². The smallest absolute Gasteiger partial charge is 0.227 e. The van der Waals surface area contributed by atoms with E-state index in [0.29, 0.717) is 0 Å². The molecule has 0 radical (unpaired) electrons. The first-order chi connectivity index (χ1) is 7.02. The Bertz CT molecular complexity index is 383. The zero-order valence-corrected chi connectivity index (χ0v) is 8.42. The zero-order valence-electron chi connectivity index (χ0n) is 8.42. The average Bonchev–Trinajstić information content (AvgIpc) is 2.18. The monoisotopic (exact) mass is 242 g/mol. The van der Waals surface area contributed by atoms with Gasteiger partial charge in [-0.15, -0.1) is 0 Å². The fourth-order valence-electron chi connectivity index (χ4n) is 2.16. The molecule has 0 aromatic heterocycles. The number of allylic oxidation sites excluding steroid dienone is 4. The summed E-state index contributed by atoms with van der Waals surface area (Å²) in [5, 5.41) is 0. The Kier molecular flexibility index (Phi) is 1.79. The van der Waals surface area contributed by atoms with Crippen LogP contribution in [0, 0.1) is 0 Å². The lowest BCUT2D eigenvalue weighted by Gasteiger charge is -2.51. The highest BCUT2D eigenvalue weighted by molar-refractivity contribution is 5.52. The van der Waals surface area contributed by atoms with Gasteiger partial charge in [0, 0.05) is 0 Å². The lowest BCUT2D eigenvalue weighted by Crippen LogP contribution is -2.70. The van der Waals surface area contributed by atoms with E-state index in [1.54, 1.807) is 0 Å². The van der Waals surface area contributed by atoms with Crippen LogP contribution >= 0.6 is 0 Å². The fourth-order valence-corrected chi connectivity index (χ4v) is 2.16. The maximum absolute atomic E-state index is 13.9. The standard InChI is InChI=1S/C10H8F6/c1-5-6(2)8(12)4-3-7(5,11)9(13,14)10(8,15)16/h3-4H,1-2H3. The van der Waals surface area contributed by atoms with Crippen LogP contribution in [0.5, 0.6) is 0 Å². The highest BCUT2D eigenvalue weighted by Crippen LogP contribution is 2.64. The van der Waals surface area contributed by atoms with E-state index in [0.717, 1.165) is 13.8 Å². The van der Waals surface area contributed by atoms with Crippen molar-refractivity contribution in [3.8, 4) is 0 Å². The zero-order chi connectivity index (χ0) is 12.6. The molecule has 6 heteroatoms. The van der Waals surface area contributed by atoms with E-state index in [-0.39, 0.29) is 12.2 Å². The average molecular weight is 242 g/mol. The van der Waals surface area contributed by atoms with Crippen LogP contribution in [0.3, 0.4) is 0 Å². The topological polar surface area (TPSA) is 0 Å². The molecule has 0 fully saturated rings. The lowest BCUT2D eigenvalue weighted by atomic mass is 9.64.